The van der Waals surface area contributed by atoms with Crippen molar-refractivity contribution in [3.8, 4) is 5.75 Å². The lowest BCUT2D eigenvalue weighted by Gasteiger charge is -2.35. The highest BCUT2D eigenvalue weighted by atomic mass is 35.5. The van der Waals surface area contributed by atoms with Gasteiger partial charge in [0.25, 0.3) is 11.8 Å². The number of aliphatic hydroxyl groups excluding tert-OH is 3. The Morgan fingerprint density at radius 2 is 1.71 bits per heavy atom. The van der Waals surface area contributed by atoms with Gasteiger partial charge in [0.1, 0.15) is 40.5 Å². The summed E-state index contributed by atoms with van der Waals surface area (Å²) >= 11 is 7.45. The van der Waals surface area contributed by atoms with Crippen LogP contribution < -0.4 is 21.3 Å². The molecule has 1 fully saturated rings. The molecule has 8 N–H and O–H groups in total. The molecule has 0 saturated carbocycles. The minimum Gasteiger partial charge on any atom is -0.507 e. The summed E-state index contributed by atoms with van der Waals surface area (Å²) in [5, 5.41) is 47.5. The molecule has 19 heteroatoms. The molecule has 1 saturated heterocycles. The van der Waals surface area contributed by atoms with Crippen molar-refractivity contribution in [3.05, 3.63) is 80.6 Å². The molecule has 5 rings (SSSR count). The number of hydrogen-bond acceptors (Lipinski definition) is 16. The van der Waals surface area contributed by atoms with Crippen LogP contribution in [-0.4, -0.2) is 115 Å². The van der Waals surface area contributed by atoms with Crippen molar-refractivity contribution in [2.24, 2.45) is 5.73 Å². The Morgan fingerprint density at radius 1 is 1.00 bits per heavy atom. The van der Waals surface area contributed by atoms with E-state index >= 15 is 0 Å². The Kier molecular flexibility index (Phi) is 15.5. The highest BCUT2D eigenvalue weighted by molar-refractivity contribution is 7.17. The van der Waals surface area contributed by atoms with Crippen molar-refractivity contribution in [2.75, 3.05) is 54.9 Å². The van der Waals surface area contributed by atoms with Crippen LogP contribution in [0.1, 0.15) is 68.2 Å². The van der Waals surface area contributed by atoms with E-state index in [4.69, 9.17) is 22.1 Å². The number of aromatic nitrogens is 3. The van der Waals surface area contributed by atoms with Gasteiger partial charge in [0, 0.05) is 63.6 Å². The van der Waals surface area contributed by atoms with Crippen molar-refractivity contribution in [3.63, 3.8) is 0 Å². The summed E-state index contributed by atoms with van der Waals surface area (Å²) in [7, 11) is 0. The summed E-state index contributed by atoms with van der Waals surface area (Å²) in [6.07, 6.45) is -1.67. The van der Waals surface area contributed by atoms with Crippen LogP contribution in [0.4, 0.5) is 22.5 Å². The monoisotopic (exact) mass is 838 g/mol. The standard InChI is InChI=1S/C39H47ClN8O9S/c1-22-4-3-5-27(40)35(22)46-38(56)30-20-42-39(58-30)45-31-19-32(44-23(2)43-31)48-14-12-47(13-15-48)16-17-57-33(53)11-10-29(52)28(51)9-8-26(50)18-24-6-7-25(21-49)34(36(24)54)37(41)55/h3-7,19-20,28-29,49,51-52,54H,8-18,21H2,1-2H3,(H2,41,55)(H,46,56)(H,42,43,44,45). The SMILES string of the molecule is Cc1nc(Nc2ncc(C(=O)Nc3c(C)cccc3Cl)s2)cc(N2CCN(CCOC(=O)CCC(O)C(O)CCC(=O)Cc3ccc(CO)c(C(N)=O)c3O)CC2)n1. The smallest absolute Gasteiger partial charge is 0.305 e. The van der Waals surface area contributed by atoms with E-state index in [0.717, 1.165) is 11.4 Å². The summed E-state index contributed by atoms with van der Waals surface area (Å²) in [5.74, 6) is -0.784. The van der Waals surface area contributed by atoms with Gasteiger partial charge in [-0.05, 0) is 43.9 Å². The van der Waals surface area contributed by atoms with Crippen LogP contribution in [-0.2, 0) is 27.4 Å². The molecule has 4 aromatic rings. The number of anilines is 4. The van der Waals surface area contributed by atoms with Crippen molar-refractivity contribution in [1.82, 2.24) is 19.9 Å². The number of halogens is 1. The number of piperazine rings is 1. The minimum atomic E-state index is -1.27. The van der Waals surface area contributed by atoms with Crippen LogP contribution in [0.15, 0.2) is 42.6 Å². The fourth-order valence-corrected chi connectivity index (χ4v) is 7.32. The summed E-state index contributed by atoms with van der Waals surface area (Å²) < 4.78 is 5.37. The molecule has 2 atom stereocenters. The van der Waals surface area contributed by atoms with Crippen LogP contribution in [0.25, 0.3) is 0 Å². The minimum absolute atomic E-state index is 0.0597. The van der Waals surface area contributed by atoms with E-state index in [1.165, 1.54) is 29.7 Å². The first kappa shape index (κ1) is 43.9. The van der Waals surface area contributed by atoms with Gasteiger partial charge in [-0.2, -0.15) is 0 Å². The van der Waals surface area contributed by atoms with E-state index in [0.29, 0.717) is 65.1 Å². The molecule has 3 heterocycles. The largest absolute Gasteiger partial charge is 0.507 e. The molecule has 2 amide bonds. The number of carbonyl (C=O) groups is 4. The molecule has 2 aromatic heterocycles. The molecular weight excluding hydrogens is 792 g/mol. The number of Topliss-reactive ketones (excluding diaryl/α,β-unsaturated/α-hetero) is 1. The van der Waals surface area contributed by atoms with E-state index in [9.17, 15) is 39.6 Å². The topological polar surface area (TPSA) is 254 Å². The molecule has 310 valence electrons. The highest BCUT2D eigenvalue weighted by Gasteiger charge is 2.23. The molecular formula is C39H47ClN8O9S. The molecule has 1 aliphatic heterocycles. The van der Waals surface area contributed by atoms with E-state index in [2.05, 4.69) is 35.4 Å². The maximum Gasteiger partial charge on any atom is 0.305 e. The molecule has 58 heavy (non-hydrogen) atoms. The predicted octanol–water partition coefficient (Wildman–Crippen LogP) is 3.26. The van der Waals surface area contributed by atoms with E-state index in [1.807, 2.05) is 25.1 Å². The molecule has 1 aliphatic rings. The second-order valence-electron chi connectivity index (χ2n) is 13.8. The van der Waals surface area contributed by atoms with Crippen molar-refractivity contribution in [2.45, 2.75) is 64.8 Å². The van der Waals surface area contributed by atoms with Crippen molar-refractivity contribution >= 4 is 69.0 Å². The van der Waals surface area contributed by atoms with E-state index in [-0.39, 0.29) is 67.1 Å². The number of para-hydroxylation sites is 1. The number of primary amides is 1. The number of thiazole rings is 1. The molecule has 0 spiro atoms. The van der Waals surface area contributed by atoms with Crippen molar-refractivity contribution < 1.29 is 44.3 Å². The first-order valence-corrected chi connectivity index (χ1v) is 19.8. The van der Waals surface area contributed by atoms with Crippen LogP contribution >= 0.6 is 22.9 Å². The van der Waals surface area contributed by atoms with E-state index < -0.39 is 36.4 Å². The Labute approximate surface area is 343 Å². The Morgan fingerprint density at radius 3 is 2.40 bits per heavy atom. The molecule has 0 aliphatic carbocycles. The number of nitrogens with one attached hydrogen (secondary N) is 2. The number of amides is 2. The number of aryl methyl sites for hydroxylation is 2. The Balaban J connectivity index is 0.990. The van der Waals surface area contributed by atoms with Gasteiger partial charge in [0.2, 0.25) is 0 Å². The predicted molar refractivity (Wildman–Crippen MR) is 218 cm³/mol. The molecule has 0 radical (unpaired) electrons. The van der Waals surface area contributed by atoms with Gasteiger partial charge < -0.3 is 46.4 Å². The number of carbonyl (C=O) groups excluding carboxylic acids is 4. The fourth-order valence-electron chi connectivity index (χ4n) is 6.34. The van der Waals surface area contributed by atoms with E-state index in [1.54, 1.807) is 13.0 Å². The number of phenols is 1. The quantitative estimate of drug-likeness (QED) is 0.0670. The number of aromatic hydroxyl groups is 1. The van der Waals surface area contributed by atoms with Gasteiger partial charge >= 0.3 is 5.97 Å². The summed E-state index contributed by atoms with van der Waals surface area (Å²) in [4.78, 5) is 67.6. The second kappa shape index (κ2) is 20.4. The van der Waals surface area contributed by atoms with Gasteiger partial charge in [0.15, 0.2) is 5.13 Å². The first-order valence-electron chi connectivity index (χ1n) is 18.6. The zero-order valence-electron chi connectivity index (χ0n) is 32.1. The lowest BCUT2D eigenvalue weighted by molar-refractivity contribution is -0.145. The third-order valence-corrected chi connectivity index (χ3v) is 10.8. The third kappa shape index (κ3) is 11.9. The summed E-state index contributed by atoms with van der Waals surface area (Å²) in [6.45, 7) is 6.55. The van der Waals surface area contributed by atoms with Gasteiger partial charge in [-0.3, -0.25) is 24.1 Å². The number of nitrogens with zero attached hydrogens (tertiary/aromatic N) is 5. The Hall–Kier alpha value is -5.24. The van der Waals surface area contributed by atoms with Crippen molar-refractivity contribution in [1.29, 1.82) is 0 Å². The molecule has 2 unspecified atom stereocenters. The zero-order valence-corrected chi connectivity index (χ0v) is 33.7. The third-order valence-electron chi connectivity index (χ3n) is 9.58. The number of hydrogen-bond donors (Lipinski definition) is 7. The van der Waals surface area contributed by atoms with Crippen LogP contribution in [0.3, 0.4) is 0 Å². The average molecular weight is 839 g/mol. The Bertz CT molecular complexity index is 2090. The average Bonchev–Trinajstić information content (AvgIpc) is 3.66. The van der Waals surface area contributed by atoms with Gasteiger partial charge in [0.05, 0.1) is 41.3 Å². The second-order valence-corrected chi connectivity index (χ2v) is 15.2. The molecule has 17 nitrogen and oxygen atoms in total. The normalized spacial score (nSPS) is 14.1. The first-order chi connectivity index (χ1) is 27.7. The lowest BCUT2D eigenvalue weighted by atomic mass is 9.96. The summed E-state index contributed by atoms with van der Waals surface area (Å²) in [5.41, 5.74) is 6.72. The number of rotatable bonds is 19. The van der Waals surface area contributed by atoms with Crippen LogP contribution in [0, 0.1) is 13.8 Å². The number of aliphatic hydroxyl groups is 3. The molecule has 2 aromatic carbocycles. The molecule has 0 bridgehead atoms. The van der Waals surface area contributed by atoms with Gasteiger partial charge in [-0.1, -0.05) is 47.2 Å². The van der Waals surface area contributed by atoms with Gasteiger partial charge in [-0.25, -0.2) is 15.0 Å². The van der Waals surface area contributed by atoms with Crippen LogP contribution in [0.5, 0.6) is 5.75 Å². The van der Waals surface area contributed by atoms with Gasteiger partial charge in [-0.15, -0.1) is 0 Å². The highest BCUT2D eigenvalue weighted by Crippen LogP contribution is 2.30. The number of benzene rings is 2. The maximum absolute atomic E-state index is 12.9. The lowest BCUT2D eigenvalue weighted by Crippen LogP contribution is -2.47. The zero-order chi connectivity index (χ0) is 41.9. The summed E-state index contributed by atoms with van der Waals surface area (Å²) in [6, 6.07) is 10.0. The number of ketones is 1. The van der Waals surface area contributed by atoms with Crippen LogP contribution in [0.2, 0.25) is 5.02 Å². The number of nitrogens with two attached hydrogens (primary N) is 1. The maximum atomic E-state index is 12.9. The number of esters is 1. The number of ether oxygens (including phenoxy) is 1. The fraction of sp³-hybridized carbons (Fsp3) is 0.410.